The minimum Gasteiger partial charge on any atom is -0.493 e. The number of amides is 1. The lowest BCUT2D eigenvalue weighted by molar-refractivity contribution is -0.138. The van der Waals surface area contributed by atoms with Crippen LogP contribution in [-0.4, -0.2) is 66.6 Å². The Morgan fingerprint density at radius 1 is 1.11 bits per heavy atom. The molecule has 1 spiro atoms. The summed E-state index contributed by atoms with van der Waals surface area (Å²) in [5, 5.41) is 0. The first-order chi connectivity index (χ1) is 21.6. The molecule has 3 aliphatic carbocycles. The maximum absolute atomic E-state index is 14.1. The van der Waals surface area contributed by atoms with Gasteiger partial charge in [-0.15, -0.1) is 0 Å². The molecule has 45 heavy (non-hydrogen) atoms. The lowest BCUT2D eigenvalue weighted by atomic mass is 9.50. The van der Waals surface area contributed by atoms with Gasteiger partial charge in [0.1, 0.15) is 11.9 Å². The van der Waals surface area contributed by atoms with Gasteiger partial charge in [-0.1, -0.05) is 25.8 Å². The highest BCUT2D eigenvalue weighted by Gasteiger charge is 2.67. The Morgan fingerprint density at radius 3 is 2.60 bits per heavy atom. The first kappa shape index (κ1) is 30.2. The minimum absolute atomic E-state index is 0.124. The number of likely N-dealkylation sites (tertiary alicyclic amines) is 1. The van der Waals surface area contributed by atoms with E-state index >= 15 is 0 Å². The number of esters is 1. The molecule has 7 nitrogen and oxygen atoms in total. The third-order valence-corrected chi connectivity index (χ3v) is 11.2. The van der Waals surface area contributed by atoms with Gasteiger partial charge < -0.3 is 19.1 Å². The molecule has 7 rings (SSSR count). The van der Waals surface area contributed by atoms with Gasteiger partial charge in [-0.05, 0) is 99.9 Å². The molecule has 238 valence electrons. The van der Waals surface area contributed by atoms with Crippen LogP contribution in [0, 0.1) is 43.4 Å². The van der Waals surface area contributed by atoms with Crippen molar-refractivity contribution in [1.29, 1.82) is 0 Å². The quantitative estimate of drug-likeness (QED) is 0.231. The van der Waals surface area contributed by atoms with Gasteiger partial charge in [0.15, 0.2) is 11.5 Å². The van der Waals surface area contributed by atoms with Crippen molar-refractivity contribution in [3.05, 3.63) is 52.1 Å². The lowest BCUT2D eigenvalue weighted by Gasteiger charge is -2.60. The average Bonchev–Trinajstić information content (AvgIpc) is 3.76. The number of hydrogen-bond donors (Lipinski definition) is 0. The molecule has 5 aliphatic rings. The summed E-state index contributed by atoms with van der Waals surface area (Å²) in [4.78, 5) is 31.1. The van der Waals surface area contributed by atoms with Gasteiger partial charge in [-0.2, -0.15) is 0 Å². The number of methoxy groups -OCH3 is 1. The fraction of sp³-hybridized carbons (Fsp3) is 0.579. The summed E-state index contributed by atoms with van der Waals surface area (Å²) in [5.41, 5.74) is 5.20. The summed E-state index contributed by atoms with van der Waals surface area (Å²) in [5.74, 6) is 9.14. The van der Waals surface area contributed by atoms with E-state index in [-0.39, 0.29) is 35.4 Å². The maximum Gasteiger partial charge on any atom is 0.308 e. The van der Waals surface area contributed by atoms with E-state index in [2.05, 4.69) is 56.6 Å². The summed E-state index contributed by atoms with van der Waals surface area (Å²) in [6, 6.07) is 8.17. The largest absolute Gasteiger partial charge is 0.493 e. The Morgan fingerprint density at radius 2 is 1.91 bits per heavy atom. The molecule has 7 heteroatoms. The standard InChI is InChI=1S/C38H46N2O5/c1-22(2)20-40(34(42)14-11-26-8-7-23(3)24(4)17-26)30-13-12-29-31-18-28-32(44-25(5)41)19-33(43-6)36-35(28)38(29,37(30)45-36)15-16-39(31)21-27-9-10-27/h7-8,17,19,22,27,29-31,37H,9-10,12-13,15-16,18,20-21H2,1-6H3/t29-,30-,31+,37-,38-/m0/s1. The van der Waals surface area contributed by atoms with Crippen molar-refractivity contribution < 1.29 is 23.8 Å². The highest BCUT2D eigenvalue weighted by molar-refractivity contribution is 5.94. The van der Waals surface area contributed by atoms with Crippen LogP contribution in [0.2, 0.25) is 0 Å². The smallest absolute Gasteiger partial charge is 0.308 e. The second kappa shape index (κ2) is 11.4. The zero-order chi connectivity index (χ0) is 31.6. The molecule has 2 aromatic carbocycles. The number of carbonyl (C=O) groups is 2. The van der Waals surface area contributed by atoms with Crippen LogP contribution in [-0.2, 0) is 21.4 Å². The normalized spacial score (nSPS) is 27.6. The predicted octanol–water partition coefficient (Wildman–Crippen LogP) is 5.59. The molecule has 2 aromatic rings. The van der Waals surface area contributed by atoms with Gasteiger partial charge in [0.2, 0.25) is 0 Å². The Kier molecular flexibility index (Phi) is 7.63. The van der Waals surface area contributed by atoms with Gasteiger partial charge in [-0.25, -0.2) is 0 Å². The number of carbonyl (C=O) groups excluding carboxylic acids is 2. The van der Waals surface area contributed by atoms with Crippen LogP contribution in [0.3, 0.4) is 0 Å². The second-order valence-electron chi connectivity index (χ2n) is 14.5. The number of piperidine rings is 1. The molecular weight excluding hydrogens is 564 g/mol. The molecule has 2 aliphatic heterocycles. The van der Waals surface area contributed by atoms with Gasteiger partial charge in [-0.3, -0.25) is 14.5 Å². The van der Waals surface area contributed by atoms with Gasteiger partial charge in [0, 0.05) is 60.1 Å². The van der Waals surface area contributed by atoms with Crippen molar-refractivity contribution in [2.45, 2.75) is 96.7 Å². The van der Waals surface area contributed by atoms with E-state index in [9.17, 15) is 9.59 Å². The molecule has 0 N–H and O–H groups in total. The number of rotatable bonds is 7. The highest BCUT2D eigenvalue weighted by Crippen LogP contribution is 2.66. The van der Waals surface area contributed by atoms with Gasteiger partial charge in [0.25, 0.3) is 5.91 Å². The molecule has 1 amide bonds. The number of nitrogens with zero attached hydrogens (tertiary/aromatic N) is 2. The van der Waals surface area contributed by atoms with E-state index in [4.69, 9.17) is 14.2 Å². The Labute approximate surface area is 267 Å². The van der Waals surface area contributed by atoms with Crippen LogP contribution in [0.25, 0.3) is 0 Å². The first-order valence-corrected chi connectivity index (χ1v) is 16.8. The molecule has 2 heterocycles. The molecule has 0 radical (unpaired) electrons. The van der Waals surface area contributed by atoms with E-state index in [0.29, 0.717) is 30.0 Å². The van der Waals surface area contributed by atoms with E-state index in [1.54, 1.807) is 7.11 Å². The van der Waals surface area contributed by atoms with E-state index < -0.39 is 0 Å². The summed E-state index contributed by atoms with van der Waals surface area (Å²) in [7, 11) is 1.65. The number of benzene rings is 2. The van der Waals surface area contributed by atoms with Crippen LogP contribution in [0.1, 0.15) is 80.7 Å². The monoisotopic (exact) mass is 610 g/mol. The third-order valence-electron chi connectivity index (χ3n) is 11.2. The third kappa shape index (κ3) is 5.10. The van der Waals surface area contributed by atoms with Gasteiger partial charge in [0.05, 0.1) is 13.2 Å². The van der Waals surface area contributed by atoms with Crippen molar-refractivity contribution in [2.75, 3.05) is 26.7 Å². The maximum atomic E-state index is 14.1. The zero-order valence-corrected chi connectivity index (χ0v) is 27.6. The van der Waals surface area contributed by atoms with Crippen molar-refractivity contribution in [2.24, 2.45) is 17.8 Å². The molecule has 2 bridgehead atoms. The molecule has 1 saturated heterocycles. The molecular formula is C38H46N2O5. The summed E-state index contributed by atoms with van der Waals surface area (Å²) < 4.78 is 18.9. The topological polar surface area (TPSA) is 68.3 Å². The van der Waals surface area contributed by atoms with Crippen LogP contribution in [0.4, 0.5) is 0 Å². The fourth-order valence-corrected chi connectivity index (χ4v) is 8.99. The fourth-order valence-electron chi connectivity index (χ4n) is 8.99. The molecule has 0 unspecified atom stereocenters. The Bertz CT molecular complexity index is 1600. The summed E-state index contributed by atoms with van der Waals surface area (Å²) >= 11 is 0. The molecule has 5 atom stereocenters. The molecule has 3 fully saturated rings. The molecule has 2 saturated carbocycles. The second-order valence-corrected chi connectivity index (χ2v) is 14.5. The average molecular weight is 611 g/mol. The Hall–Kier alpha value is -3.50. The van der Waals surface area contributed by atoms with Crippen LogP contribution < -0.4 is 14.2 Å². The highest BCUT2D eigenvalue weighted by atomic mass is 16.5. The number of aryl methyl sites for hydroxylation is 2. The van der Waals surface area contributed by atoms with Crippen LogP contribution in [0.15, 0.2) is 24.3 Å². The number of hydrogen-bond acceptors (Lipinski definition) is 6. The molecule has 0 aromatic heterocycles. The first-order valence-electron chi connectivity index (χ1n) is 16.8. The lowest BCUT2D eigenvalue weighted by Crippen LogP contribution is -2.69. The summed E-state index contributed by atoms with van der Waals surface area (Å²) in [6.07, 6.45) is 6.09. The van der Waals surface area contributed by atoms with Crippen molar-refractivity contribution in [1.82, 2.24) is 9.80 Å². The summed E-state index contributed by atoms with van der Waals surface area (Å²) in [6.45, 7) is 12.7. The zero-order valence-electron chi connectivity index (χ0n) is 27.6. The Balaban J connectivity index is 1.31. The number of ether oxygens (including phenoxy) is 3. The van der Waals surface area contributed by atoms with Crippen molar-refractivity contribution in [3.8, 4) is 29.1 Å². The van der Waals surface area contributed by atoms with E-state index in [1.165, 1.54) is 36.5 Å². The van der Waals surface area contributed by atoms with Crippen LogP contribution >= 0.6 is 0 Å². The van der Waals surface area contributed by atoms with Gasteiger partial charge >= 0.3 is 5.97 Å². The van der Waals surface area contributed by atoms with Crippen molar-refractivity contribution >= 4 is 11.9 Å². The van der Waals surface area contributed by atoms with Crippen molar-refractivity contribution in [3.63, 3.8) is 0 Å². The minimum atomic E-state index is -0.332. The predicted molar refractivity (Wildman–Crippen MR) is 173 cm³/mol. The van der Waals surface area contributed by atoms with Crippen LogP contribution in [0.5, 0.6) is 17.2 Å². The van der Waals surface area contributed by atoms with E-state index in [0.717, 1.165) is 61.6 Å². The van der Waals surface area contributed by atoms with E-state index in [1.807, 2.05) is 17.0 Å². The SMILES string of the molecule is COc1cc(OC(C)=O)c2c3c1O[C@H]1[C@@H](N(CC(C)C)C(=O)C#Cc4ccc(C)c(C)c4)CC[C@H]4[C@@H](C2)N(CC2CC2)CC[C@@]341.